The lowest BCUT2D eigenvalue weighted by Gasteiger charge is -2.33. The highest BCUT2D eigenvalue weighted by atomic mass is 19.3. The molecule has 0 spiro atoms. The van der Waals surface area contributed by atoms with Gasteiger partial charge in [-0.2, -0.15) is 14.0 Å². The number of nitriles is 1. The van der Waals surface area contributed by atoms with Crippen LogP contribution < -0.4 is 10.9 Å². The molecule has 0 amide bonds. The SMILES string of the molecule is Cc1nc2c3cc(C4(C#N)CC4)c(=O)n(c3n1)CCCCCCCCC(C)(O)C(F)(F)c1cccc(c1)[C@@H](C)N2. The molecule has 3 heterocycles. The molecular formula is C31H37F2N5O2. The first kappa shape index (κ1) is 28.2. The Bertz CT molecular complexity index is 1520. The van der Waals surface area contributed by atoms with Gasteiger partial charge in [0.25, 0.3) is 5.56 Å². The van der Waals surface area contributed by atoms with Crippen molar-refractivity contribution in [2.24, 2.45) is 0 Å². The second kappa shape index (κ2) is 10.5. The lowest BCUT2D eigenvalue weighted by atomic mass is 9.86. The molecule has 9 heteroatoms. The van der Waals surface area contributed by atoms with Crippen LogP contribution in [0.3, 0.4) is 0 Å². The van der Waals surface area contributed by atoms with Gasteiger partial charge in [0.2, 0.25) is 0 Å². The van der Waals surface area contributed by atoms with E-state index in [9.17, 15) is 15.2 Å². The number of aliphatic hydroxyl groups is 1. The Balaban J connectivity index is 1.64. The van der Waals surface area contributed by atoms with Crippen LogP contribution in [0.15, 0.2) is 35.1 Å². The van der Waals surface area contributed by atoms with Gasteiger partial charge in [-0.1, -0.05) is 50.3 Å². The fourth-order valence-electron chi connectivity index (χ4n) is 5.79. The van der Waals surface area contributed by atoms with Crippen LogP contribution in [-0.2, 0) is 17.9 Å². The minimum atomic E-state index is -3.43. The van der Waals surface area contributed by atoms with Crippen LogP contribution in [0.4, 0.5) is 14.6 Å². The van der Waals surface area contributed by atoms with Crippen molar-refractivity contribution in [1.29, 1.82) is 5.26 Å². The number of pyridine rings is 1. The third-order valence-corrected chi connectivity index (χ3v) is 8.61. The fourth-order valence-corrected chi connectivity index (χ4v) is 5.79. The third kappa shape index (κ3) is 5.10. The number of alkyl halides is 2. The summed E-state index contributed by atoms with van der Waals surface area (Å²) in [5.41, 5.74) is -1.76. The number of fused-ring (bicyclic) bond motifs is 2. The van der Waals surface area contributed by atoms with E-state index in [2.05, 4.69) is 21.4 Å². The highest BCUT2D eigenvalue weighted by Gasteiger charge is 2.50. The van der Waals surface area contributed by atoms with E-state index in [-0.39, 0.29) is 17.5 Å². The Morgan fingerprint density at radius 2 is 1.77 bits per heavy atom. The largest absolute Gasteiger partial charge is 0.384 e. The molecule has 1 aliphatic carbocycles. The topological polar surface area (TPSA) is 104 Å². The first-order valence-electron chi connectivity index (χ1n) is 14.3. The Morgan fingerprint density at radius 1 is 1.07 bits per heavy atom. The number of hydrogen-bond donors (Lipinski definition) is 2. The van der Waals surface area contributed by atoms with Gasteiger partial charge in [-0.25, -0.2) is 9.97 Å². The number of aryl methyl sites for hydroxylation is 2. The normalized spacial score (nSPS) is 24.8. The van der Waals surface area contributed by atoms with Gasteiger partial charge in [-0.15, -0.1) is 0 Å². The molecule has 1 unspecified atom stereocenters. The van der Waals surface area contributed by atoms with Crippen molar-refractivity contribution in [3.05, 3.63) is 63.2 Å². The number of benzene rings is 1. The minimum absolute atomic E-state index is 0.000534. The monoisotopic (exact) mass is 549 g/mol. The molecule has 212 valence electrons. The summed E-state index contributed by atoms with van der Waals surface area (Å²) in [7, 11) is 0. The minimum Gasteiger partial charge on any atom is -0.384 e. The molecule has 3 aromatic rings. The van der Waals surface area contributed by atoms with Crippen molar-refractivity contribution in [2.45, 2.75) is 108 Å². The van der Waals surface area contributed by atoms with Crippen molar-refractivity contribution >= 4 is 16.9 Å². The molecule has 1 aromatic carbocycles. The molecule has 6 bridgehead atoms. The smallest absolute Gasteiger partial charge is 0.300 e. The van der Waals surface area contributed by atoms with Crippen molar-refractivity contribution in [3.63, 3.8) is 0 Å². The molecular weight excluding hydrogens is 512 g/mol. The van der Waals surface area contributed by atoms with Gasteiger partial charge in [-0.05, 0) is 64.2 Å². The first-order valence-corrected chi connectivity index (χ1v) is 14.3. The molecule has 1 aliphatic heterocycles. The van der Waals surface area contributed by atoms with Crippen LogP contribution in [0.25, 0.3) is 11.0 Å². The van der Waals surface area contributed by atoms with Gasteiger partial charge in [-0.3, -0.25) is 9.36 Å². The Morgan fingerprint density at radius 3 is 2.48 bits per heavy atom. The predicted octanol–water partition coefficient (Wildman–Crippen LogP) is 6.42. The zero-order valence-corrected chi connectivity index (χ0v) is 23.4. The number of nitrogens with zero attached hydrogens (tertiary/aromatic N) is 4. The van der Waals surface area contributed by atoms with E-state index >= 15 is 8.78 Å². The summed E-state index contributed by atoms with van der Waals surface area (Å²) in [6, 6.07) is 9.83. The van der Waals surface area contributed by atoms with Crippen LogP contribution >= 0.6 is 0 Å². The van der Waals surface area contributed by atoms with Crippen LogP contribution in [0, 0.1) is 18.3 Å². The third-order valence-electron chi connectivity index (χ3n) is 8.61. The molecule has 2 N–H and O–H groups in total. The summed E-state index contributed by atoms with van der Waals surface area (Å²) in [5, 5.41) is 24.7. The molecule has 0 saturated heterocycles. The van der Waals surface area contributed by atoms with E-state index in [1.54, 1.807) is 29.7 Å². The van der Waals surface area contributed by atoms with E-state index in [4.69, 9.17) is 0 Å². The molecule has 1 fully saturated rings. The average molecular weight is 550 g/mol. The van der Waals surface area contributed by atoms with E-state index in [0.29, 0.717) is 59.6 Å². The summed E-state index contributed by atoms with van der Waals surface area (Å²) in [5.74, 6) is -2.46. The molecule has 2 atom stereocenters. The second-order valence-electron chi connectivity index (χ2n) is 11.8. The summed E-state index contributed by atoms with van der Waals surface area (Å²) in [6.45, 7) is 5.31. The zero-order valence-electron chi connectivity index (χ0n) is 23.4. The summed E-state index contributed by atoms with van der Waals surface area (Å²) >= 11 is 0. The van der Waals surface area contributed by atoms with Crippen molar-refractivity contribution in [1.82, 2.24) is 14.5 Å². The van der Waals surface area contributed by atoms with E-state index in [0.717, 1.165) is 32.1 Å². The molecule has 2 aliphatic rings. The molecule has 7 nitrogen and oxygen atoms in total. The highest BCUT2D eigenvalue weighted by Crippen LogP contribution is 2.47. The van der Waals surface area contributed by atoms with Crippen LogP contribution in [0.1, 0.15) is 100 Å². The number of rotatable bonds is 1. The Labute approximate surface area is 233 Å². The van der Waals surface area contributed by atoms with Gasteiger partial charge < -0.3 is 10.4 Å². The van der Waals surface area contributed by atoms with Crippen molar-refractivity contribution < 1.29 is 13.9 Å². The number of aromatic nitrogens is 3. The standard InChI is InChI=1S/C31H37F2N5O2/c1-20-22-11-10-12-23(17-22)31(32,33)29(3,40)13-8-6-4-5-7-9-16-38-27-24(26(35-20)36-21(2)37-27)18-25(28(38)39)30(19-34)14-15-30/h10-12,17-18,20,40H,4-9,13-16H2,1-3H3,(H,35,36,37)/t20-,29?/m1/s1. The quantitative estimate of drug-likeness (QED) is 0.363. The summed E-state index contributed by atoms with van der Waals surface area (Å²) in [6.07, 6.45) is 5.89. The van der Waals surface area contributed by atoms with Gasteiger partial charge >= 0.3 is 5.92 Å². The van der Waals surface area contributed by atoms with Crippen molar-refractivity contribution in [2.75, 3.05) is 5.32 Å². The molecule has 2 aromatic heterocycles. The van der Waals surface area contributed by atoms with Crippen LogP contribution in [-0.4, -0.2) is 25.2 Å². The summed E-state index contributed by atoms with van der Waals surface area (Å²) < 4.78 is 32.9. The predicted molar refractivity (Wildman–Crippen MR) is 150 cm³/mol. The number of anilines is 1. The van der Waals surface area contributed by atoms with Gasteiger partial charge in [0.1, 0.15) is 22.9 Å². The maximum absolute atomic E-state index is 15.6. The lowest BCUT2D eigenvalue weighted by molar-refractivity contribution is -0.182. The second-order valence-corrected chi connectivity index (χ2v) is 11.8. The Kier molecular flexibility index (Phi) is 7.43. The van der Waals surface area contributed by atoms with Crippen LogP contribution in [0.2, 0.25) is 0 Å². The number of hydrogen-bond acceptors (Lipinski definition) is 6. The molecule has 1 saturated carbocycles. The highest BCUT2D eigenvalue weighted by molar-refractivity contribution is 5.88. The van der Waals surface area contributed by atoms with E-state index in [1.807, 2.05) is 6.92 Å². The average Bonchev–Trinajstić information content (AvgIpc) is 3.71. The Hall–Kier alpha value is -3.38. The maximum atomic E-state index is 15.6. The lowest BCUT2D eigenvalue weighted by Crippen LogP contribution is -2.43. The van der Waals surface area contributed by atoms with E-state index < -0.39 is 23.0 Å². The zero-order chi connectivity index (χ0) is 28.7. The molecule has 5 rings (SSSR count). The molecule has 40 heavy (non-hydrogen) atoms. The maximum Gasteiger partial charge on any atom is 0.300 e. The fraction of sp³-hybridized carbons (Fsp3) is 0.548. The van der Waals surface area contributed by atoms with Crippen LogP contribution in [0.5, 0.6) is 0 Å². The first-order chi connectivity index (χ1) is 19.0. The number of nitrogens with one attached hydrogen (secondary N) is 1. The van der Waals surface area contributed by atoms with Crippen molar-refractivity contribution in [3.8, 4) is 6.07 Å². The van der Waals surface area contributed by atoms with Gasteiger partial charge in [0, 0.05) is 23.7 Å². The molecule has 0 radical (unpaired) electrons. The van der Waals surface area contributed by atoms with Gasteiger partial charge in [0.15, 0.2) is 0 Å². The number of halogens is 2. The van der Waals surface area contributed by atoms with E-state index in [1.165, 1.54) is 19.1 Å². The van der Waals surface area contributed by atoms with Gasteiger partial charge in [0.05, 0.1) is 16.9 Å². The summed E-state index contributed by atoms with van der Waals surface area (Å²) in [4.78, 5) is 23.0.